The molecular weight excluding hydrogens is 408 g/mol. The Labute approximate surface area is 190 Å². The van der Waals surface area contributed by atoms with Crippen LogP contribution in [-0.2, 0) is 6.42 Å². The maximum Gasteiger partial charge on any atom is 0.150 e. The van der Waals surface area contributed by atoms with Crippen molar-refractivity contribution in [2.75, 3.05) is 12.4 Å². The third-order valence-electron chi connectivity index (χ3n) is 4.22. The molecule has 0 aliphatic heterocycles. The summed E-state index contributed by atoms with van der Waals surface area (Å²) in [6.45, 7) is 10.3. The Hall–Kier alpha value is -2.11. The number of carbonyl (C=O) groups is 1. The van der Waals surface area contributed by atoms with Crippen molar-refractivity contribution in [2.45, 2.75) is 63.0 Å². The highest BCUT2D eigenvalue weighted by Gasteiger charge is 2.05. The average molecular weight is 443 g/mol. The van der Waals surface area contributed by atoms with Crippen molar-refractivity contribution in [2.24, 2.45) is 0 Å². The van der Waals surface area contributed by atoms with E-state index in [0.29, 0.717) is 5.56 Å². The summed E-state index contributed by atoms with van der Waals surface area (Å²) in [5.41, 5.74) is 4.53. The predicted molar refractivity (Wildman–Crippen MR) is 133 cm³/mol. The van der Waals surface area contributed by atoms with Gasteiger partial charge in [0.1, 0.15) is 6.29 Å². The average Bonchev–Trinajstić information content (AvgIpc) is 3.20. The number of nitrogens with zero attached hydrogens (tertiary/aromatic N) is 1. The molecule has 2 aromatic carbocycles. The van der Waals surface area contributed by atoms with Gasteiger partial charge in [0.25, 0.3) is 0 Å². The fourth-order valence-electron chi connectivity index (χ4n) is 2.52. The Balaban J connectivity index is 0.000000287. The van der Waals surface area contributed by atoms with E-state index >= 15 is 0 Å². The van der Waals surface area contributed by atoms with Crippen molar-refractivity contribution in [3.8, 4) is 0 Å². The molecule has 0 radical (unpaired) electrons. The van der Waals surface area contributed by atoms with Gasteiger partial charge in [0.15, 0.2) is 0 Å². The molecule has 0 unspecified atom stereocenters. The minimum absolute atomic E-state index is 0.717. The summed E-state index contributed by atoms with van der Waals surface area (Å²) in [5.74, 6) is 0. The summed E-state index contributed by atoms with van der Waals surface area (Å²) in [4.78, 5) is 16.0. The molecule has 1 N–H and O–H groups in total. The first-order valence-electron chi connectivity index (χ1n) is 10.5. The van der Waals surface area contributed by atoms with Crippen molar-refractivity contribution >= 4 is 35.1 Å². The molecule has 1 heterocycles. The zero-order valence-electron chi connectivity index (χ0n) is 19.0. The van der Waals surface area contributed by atoms with E-state index in [1.165, 1.54) is 36.1 Å². The zero-order valence-corrected chi connectivity index (χ0v) is 20.6. The summed E-state index contributed by atoms with van der Waals surface area (Å²) >= 11 is 3.33. The topological polar surface area (TPSA) is 42.0 Å². The molecule has 3 nitrogen and oxygen atoms in total. The standard InChI is InChI=1S/C12H11NOS2.C11H17N.C2H6/c1-8-3-4-10(7-14)5-11(8)16-12-6-13-9(2)15-12;1-3-4-5-10-6-8-11(12-2)9-7-10;1-2/h3-7H,1-2H3;6-9,12H,3-5H2,1-2H3;1-2H3. The van der Waals surface area contributed by atoms with Crippen LogP contribution in [0.4, 0.5) is 5.69 Å². The van der Waals surface area contributed by atoms with Crippen LogP contribution in [0.3, 0.4) is 0 Å². The lowest BCUT2D eigenvalue weighted by molar-refractivity contribution is 0.112. The monoisotopic (exact) mass is 442 g/mol. The third-order valence-corrected chi connectivity index (χ3v) is 6.39. The Morgan fingerprint density at radius 2 is 1.80 bits per heavy atom. The smallest absolute Gasteiger partial charge is 0.150 e. The molecule has 5 heteroatoms. The van der Waals surface area contributed by atoms with Crippen LogP contribution in [0.15, 0.2) is 57.8 Å². The highest BCUT2D eigenvalue weighted by Crippen LogP contribution is 2.34. The minimum atomic E-state index is 0.717. The number of anilines is 1. The fourth-order valence-corrected chi connectivity index (χ4v) is 4.56. The minimum Gasteiger partial charge on any atom is -0.388 e. The van der Waals surface area contributed by atoms with Gasteiger partial charge in [0.05, 0.1) is 15.4 Å². The second-order valence-corrected chi connectivity index (χ2v) is 9.07. The molecule has 0 bridgehead atoms. The van der Waals surface area contributed by atoms with Gasteiger partial charge in [-0.15, -0.1) is 11.3 Å². The number of benzene rings is 2. The quantitative estimate of drug-likeness (QED) is 0.379. The highest BCUT2D eigenvalue weighted by molar-refractivity contribution is 8.01. The molecular formula is C25H34N2OS2. The molecule has 3 aromatic rings. The first-order chi connectivity index (χ1) is 14.5. The normalized spacial score (nSPS) is 9.67. The Morgan fingerprint density at radius 3 is 2.33 bits per heavy atom. The van der Waals surface area contributed by atoms with E-state index in [-0.39, 0.29) is 0 Å². The van der Waals surface area contributed by atoms with E-state index in [1.54, 1.807) is 23.1 Å². The predicted octanol–water partition coefficient (Wildman–Crippen LogP) is 7.82. The van der Waals surface area contributed by atoms with Gasteiger partial charge >= 0.3 is 0 Å². The van der Waals surface area contributed by atoms with Gasteiger partial charge in [-0.3, -0.25) is 4.79 Å². The number of unbranched alkanes of at least 4 members (excludes halogenated alkanes) is 1. The number of aryl methyl sites for hydroxylation is 3. The highest BCUT2D eigenvalue weighted by atomic mass is 32.2. The van der Waals surface area contributed by atoms with Gasteiger partial charge in [-0.05, 0) is 56.0 Å². The van der Waals surface area contributed by atoms with Crippen LogP contribution in [0.1, 0.15) is 60.1 Å². The van der Waals surface area contributed by atoms with Gasteiger partial charge in [0, 0.05) is 23.2 Å². The molecule has 0 saturated carbocycles. The maximum atomic E-state index is 10.7. The van der Waals surface area contributed by atoms with Crippen LogP contribution in [0.2, 0.25) is 0 Å². The summed E-state index contributed by atoms with van der Waals surface area (Å²) in [5, 5.41) is 4.17. The first-order valence-corrected chi connectivity index (χ1v) is 12.1. The van der Waals surface area contributed by atoms with Gasteiger partial charge in [-0.2, -0.15) is 0 Å². The van der Waals surface area contributed by atoms with Gasteiger partial charge < -0.3 is 5.32 Å². The van der Waals surface area contributed by atoms with Crippen molar-refractivity contribution in [1.29, 1.82) is 0 Å². The molecule has 30 heavy (non-hydrogen) atoms. The summed E-state index contributed by atoms with van der Waals surface area (Å²) in [6.07, 6.45) is 6.52. The lowest BCUT2D eigenvalue weighted by Crippen LogP contribution is -1.89. The lowest BCUT2D eigenvalue weighted by Gasteiger charge is -2.03. The Morgan fingerprint density at radius 1 is 1.10 bits per heavy atom. The second-order valence-electron chi connectivity index (χ2n) is 6.49. The van der Waals surface area contributed by atoms with Crippen molar-refractivity contribution in [1.82, 2.24) is 4.98 Å². The number of rotatable bonds is 7. The SMILES string of the molecule is CC.CCCCc1ccc(NC)cc1.Cc1ncc(Sc2cc(C=O)ccc2C)s1. The number of hydrogen-bond acceptors (Lipinski definition) is 5. The number of aldehydes is 1. The number of carbonyl (C=O) groups excluding carboxylic acids is 1. The number of thiazole rings is 1. The second kappa shape index (κ2) is 14.8. The Bertz CT molecular complexity index is 873. The van der Waals surface area contributed by atoms with Crippen molar-refractivity contribution in [3.05, 3.63) is 70.4 Å². The van der Waals surface area contributed by atoms with Crippen molar-refractivity contribution < 1.29 is 4.79 Å². The van der Waals surface area contributed by atoms with E-state index in [2.05, 4.69) is 41.5 Å². The molecule has 1 aromatic heterocycles. The van der Waals surface area contributed by atoms with Crippen LogP contribution < -0.4 is 5.32 Å². The van der Waals surface area contributed by atoms with Crippen LogP contribution in [0, 0.1) is 13.8 Å². The van der Waals surface area contributed by atoms with Crippen LogP contribution >= 0.6 is 23.1 Å². The van der Waals surface area contributed by atoms with Crippen LogP contribution in [0.25, 0.3) is 0 Å². The largest absolute Gasteiger partial charge is 0.388 e. The molecule has 0 aliphatic carbocycles. The summed E-state index contributed by atoms with van der Waals surface area (Å²) in [6, 6.07) is 14.4. The molecule has 0 spiro atoms. The van der Waals surface area contributed by atoms with Crippen LogP contribution in [0.5, 0.6) is 0 Å². The molecule has 0 amide bonds. The van der Waals surface area contributed by atoms with Crippen molar-refractivity contribution in [3.63, 3.8) is 0 Å². The number of nitrogens with one attached hydrogen (secondary N) is 1. The van der Waals surface area contributed by atoms with E-state index in [4.69, 9.17) is 0 Å². The summed E-state index contributed by atoms with van der Waals surface area (Å²) < 4.78 is 1.16. The van der Waals surface area contributed by atoms with E-state index in [0.717, 1.165) is 20.4 Å². The first kappa shape index (κ1) is 25.9. The fraction of sp³-hybridized carbons (Fsp3) is 0.360. The van der Waals surface area contributed by atoms with Gasteiger partial charge in [-0.25, -0.2) is 4.98 Å². The number of aromatic nitrogens is 1. The molecule has 0 atom stereocenters. The van der Waals surface area contributed by atoms with E-state index in [1.807, 2.05) is 59.1 Å². The van der Waals surface area contributed by atoms with E-state index < -0.39 is 0 Å². The van der Waals surface area contributed by atoms with Gasteiger partial charge in [-0.1, -0.05) is 63.2 Å². The third kappa shape index (κ3) is 9.14. The lowest BCUT2D eigenvalue weighted by atomic mass is 10.1. The summed E-state index contributed by atoms with van der Waals surface area (Å²) in [7, 11) is 1.95. The molecule has 0 saturated heterocycles. The molecule has 0 aliphatic rings. The van der Waals surface area contributed by atoms with Gasteiger partial charge in [0.2, 0.25) is 0 Å². The Kier molecular flexibility index (Phi) is 12.8. The molecule has 0 fully saturated rings. The maximum absolute atomic E-state index is 10.7. The van der Waals surface area contributed by atoms with E-state index in [9.17, 15) is 4.79 Å². The molecule has 3 rings (SSSR count). The van der Waals surface area contributed by atoms with Crippen LogP contribution in [-0.4, -0.2) is 18.3 Å². The molecule has 162 valence electrons. The zero-order chi connectivity index (χ0) is 22.4. The number of hydrogen-bond donors (Lipinski definition) is 1.